The molecule has 4 rings (SSSR count). The molecule has 150 valence electrons. The van der Waals surface area contributed by atoms with Crippen LogP contribution >= 0.6 is 0 Å². The summed E-state index contributed by atoms with van der Waals surface area (Å²) < 4.78 is 5.77. The number of aryl methyl sites for hydroxylation is 1. The molecule has 0 N–H and O–H groups in total. The minimum atomic E-state index is 0.863. The highest BCUT2D eigenvalue weighted by Gasteiger charge is 2.21. The molecule has 0 saturated carbocycles. The Kier molecular flexibility index (Phi) is 5.37. The zero-order valence-corrected chi connectivity index (χ0v) is 18.2. The van der Waals surface area contributed by atoms with Crippen LogP contribution in [0.15, 0.2) is 18.2 Å². The van der Waals surface area contributed by atoms with Crippen LogP contribution in [0.1, 0.15) is 45.4 Å². The molecule has 3 nitrogen and oxygen atoms in total. The molecule has 3 heteroatoms. The molecule has 28 heavy (non-hydrogen) atoms. The van der Waals surface area contributed by atoms with Gasteiger partial charge in [0.1, 0.15) is 5.75 Å². The molecular formula is C25H34N2O. The molecule has 2 aliphatic rings. The van der Waals surface area contributed by atoms with Gasteiger partial charge in [0.25, 0.3) is 0 Å². The fraction of sp³-hybridized carbons (Fsp3) is 0.520. The number of benzene rings is 2. The number of anilines is 1. The minimum Gasteiger partial charge on any atom is -0.493 e. The van der Waals surface area contributed by atoms with Gasteiger partial charge in [0.2, 0.25) is 0 Å². The highest BCUT2D eigenvalue weighted by atomic mass is 16.5. The van der Waals surface area contributed by atoms with Crippen molar-refractivity contribution in [3.63, 3.8) is 0 Å². The first-order valence-corrected chi connectivity index (χ1v) is 10.7. The highest BCUT2D eigenvalue weighted by Crippen LogP contribution is 2.31. The maximum Gasteiger partial charge on any atom is 0.122 e. The van der Waals surface area contributed by atoms with Gasteiger partial charge in [-0.3, -0.25) is 4.90 Å². The maximum atomic E-state index is 5.77. The SMILES string of the molecule is Cc1c(C)c(C)c(CN2CCN(c3ccc4c(c3)CCCO4)CC2)c(C)c1C. The van der Waals surface area contributed by atoms with Gasteiger partial charge in [0.05, 0.1) is 6.61 Å². The maximum absolute atomic E-state index is 5.77. The molecule has 1 saturated heterocycles. The second-order valence-electron chi connectivity index (χ2n) is 8.61. The van der Waals surface area contributed by atoms with E-state index in [2.05, 4.69) is 62.6 Å². The molecule has 2 aliphatic heterocycles. The summed E-state index contributed by atoms with van der Waals surface area (Å²) in [4.78, 5) is 5.16. The van der Waals surface area contributed by atoms with E-state index in [0.29, 0.717) is 0 Å². The lowest BCUT2D eigenvalue weighted by Gasteiger charge is -2.37. The van der Waals surface area contributed by atoms with Crippen LogP contribution in [0, 0.1) is 34.6 Å². The summed E-state index contributed by atoms with van der Waals surface area (Å²) in [5.41, 5.74) is 11.6. The van der Waals surface area contributed by atoms with E-state index < -0.39 is 0 Å². The van der Waals surface area contributed by atoms with E-state index in [0.717, 1.165) is 57.9 Å². The molecular weight excluding hydrogens is 344 g/mol. The van der Waals surface area contributed by atoms with Crippen LogP contribution in [-0.4, -0.2) is 37.7 Å². The molecule has 0 bridgehead atoms. The molecule has 0 radical (unpaired) electrons. The van der Waals surface area contributed by atoms with Crippen LogP contribution in [0.4, 0.5) is 5.69 Å². The Hall–Kier alpha value is -2.00. The summed E-state index contributed by atoms with van der Waals surface area (Å²) in [5, 5.41) is 0. The smallest absolute Gasteiger partial charge is 0.122 e. The Labute approximate surface area is 170 Å². The van der Waals surface area contributed by atoms with Gasteiger partial charge in [-0.1, -0.05) is 0 Å². The summed E-state index contributed by atoms with van der Waals surface area (Å²) in [6, 6.07) is 6.76. The average molecular weight is 379 g/mol. The Morgan fingerprint density at radius 1 is 0.821 bits per heavy atom. The van der Waals surface area contributed by atoms with Gasteiger partial charge in [0.15, 0.2) is 0 Å². The molecule has 0 aliphatic carbocycles. The third-order valence-electron chi connectivity index (χ3n) is 7.17. The quantitative estimate of drug-likeness (QED) is 0.757. The topological polar surface area (TPSA) is 15.7 Å². The van der Waals surface area contributed by atoms with Crippen molar-refractivity contribution in [2.45, 2.75) is 54.0 Å². The standard InChI is InChI=1S/C25H34N2O/c1-17-18(2)20(4)24(21(5)19(17)3)16-26-10-12-27(13-11-26)23-8-9-25-22(15-23)7-6-14-28-25/h8-9,15H,6-7,10-14,16H2,1-5H3. The van der Waals surface area contributed by atoms with Crippen molar-refractivity contribution in [2.24, 2.45) is 0 Å². The van der Waals surface area contributed by atoms with E-state index in [1.165, 1.54) is 39.1 Å². The molecule has 2 aromatic carbocycles. The fourth-order valence-corrected chi connectivity index (χ4v) is 4.75. The number of rotatable bonds is 3. The van der Waals surface area contributed by atoms with Gasteiger partial charge in [-0.15, -0.1) is 0 Å². The van der Waals surface area contributed by atoms with Gasteiger partial charge in [0, 0.05) is 38.4 Å². The normalized spacial score (nSPS) is 17.4. The second kappa shape index (κ2) is 7.79. The van der Waals surface area contributed by atoms with E-state index in [4.69, 9.17) is 4.74 Å². The Balaban J connectivity index is 1.44. The van der Waals surface area contributed by atoms with Gasteiger partial charge in [-0.05, 0) is 105 Å². The van der Waals surface area contributed by atoms with Crippen LogP contribution in [-0.2, 0) is 13.0 Å². The van der Waals surface area contributed by atoms with Crippen LogP contribution < -0.4 is 9.64 Å². The molecule has 0 atom stereocenters. The molecule has 0 amide bonds. The van der Waals surface area contributed by atoms with Crippen LogP contribution in [0.25, 0.3) is 0 Å². The average Bonchev–Trinajstić information content (AvgIpc) is 2.74. The van der Waals surface area contributed by atoms with E-state index in [1.54, 1.807) is 5.56 Å². The molecule has 1 fully saturated rings. The Bertz CT molecular complexity index is 850. The monoisotopic (exact) mass is 378 g/mol. The van der Waals surface area contributed by atoms with Crippen LogP contribution in [0.3, 0.4) is 0 Å². The largest absolute Gasteiger partial charge is 0.493 e. The van der Waals surface area contributed by atoms with E-state index in [9.17, 15) is 0 Å². The molecule has 2 aromatic rings. The first kappa shape index (κ1) is 19.3. The lowest BCUT2D eigenvalue weighted by atomic mass is 9.89. The molecule has 2 heterocycles. The predicted octanol–water partition coefficient (Wildman–Crippen LogP) is 4.88. The first-order valence-electron chi connectivity index (χ1n) is 10.7. The highest BCUT2D eigenvalue weighted by molar-refractivity contribution is 5.54. The van der Waals surface area contributed by atoms with E-state index in [-0.39, 0.29) is 0 Å². The number of hydrogen-bond donors (Lipinski definition) is 0. The third kappa shape index (κ3) is 3.53. The van der Waals surface area contributed by atoms with Crippen LogP contribution in [0.5, 0.6) is 5.75 Å². The second-order valence-corrected chi connectivity index (χ2v) is 8.61. The summed E-state index contributed by atoms with van der Waals surface area (Å²) in [7, 11) is 0. The zero-order valence-electron chi connectivity index (χ0n) is 18.2. The van der Waals surface area contributed by atoms with Crippen molar-refractivity contribution < 1.29 is 4.74 Å². The van der Waals surface area contributed by atoms with Gasteiger partial charge >= 0.3 is 0 Å². The minimum absolute atomic E-state index is 0.863. The van der Waals surface area contributed by atoms with Gasteiger partial charge in [-0.25, -0.2) is 0 Å². The van der Waals surface area contributed by atoms with Crippen LogP contribution in [0.2, 0.25) is 0 Å². The zero-order chi connectivity index (χ0) is 19.8. The van der Waals surface area contributed by atoms with Gasteiger partial charge < -0.3 is 9.64 Å². The number of hydrogen-bond acceptors (Lipinski definition) is 3. The van der Waals surface area contributed by atoms with E-state index >= 15 is 0 Å². The summed E-state index contributed by atoms with van der Waals surface area (Å²) in [5.74, 6) is 1.09. The molecule has 0 aromatic heterocycles. The summed E-state index contributed by atoms with van der Waals surface area (Å²) in [6.45, 7) is 17.8. The fourth-order valence-electron chi connectivity index (χ4n) is 4.75. The van der Waals surface area contributed by atoms with Crippen molar-refractivity contribution in [3.05, 3.63) is 57.1 Å². The van der Waals surface area contributed by atoms with Crippen molar-refractivity contribution in [1.29, 1.82) is 0 Å². The van der Waals surface area contributed by atoms with Crippen molar-refractivity contribution in [2.75, 3.05) is 37.7 Å². The van der Waals surface area contributed by atoms with Crippen molar-refractivity contribution >= 4 is 5.69 Å². The Morgan fingerprint density at radius 3 is 2.14 bits per heavy atom. The summed E-state index contributed by atoms with van der Waals surface area (Å²) >= 11 is 0. The van der Waals surface area contributed by atoms with Gasteiger partial charge in [-0.2, -0.15) is 0 Å². The van der Waals surface area contributed by atoms with E-state index in [1.807, 2.05) is 0 Å². The lowest BCUT2D eigenvalue weighted by Crippen LogP contribution is -2.46. The summed E-state index contributed by atoms with van der Waals surface area (Å²) in [6.07, 6.45) is 2.28. The molecule has 0 unspecified atom stereocenters. The lowest BCUT2D eigenvalue weighted by molar-refractivity contribution is 0.248. The number of fused-ring (bicyclic) bond motifs is 1. The predicted molar refractivity (Wildman–Crippen MR) is 118 cm³/mol. The number of ether oxygens (including phenoxy) is 1. The first-order chi connectivity index (χ1) is 13.5. The number of piperazine rings is 1. The van der Waals surface area contributed by atoms with Crippen molar-refractivity contribution in [1.82, 2.24) is 4.90 Å². The van der Waals surface area contributed by atoms with Crippen molar-refractivity contribution in [3.8, 4) is 5.75 Å². The Morgan fingerprint density at radius 2 is 1.46 bits per heavy atom. The number of nitrogens with zero attached hydrogens (tertiary/aromatic N) is 2. The third-order valence-corrected chi connectivity index (χ3v) is 7.17. The molecule has 0 spiro atoms.